The first-order valence-electron chi connectivity index (χ1n) is 45.4. The fourth-order valence-corrected chi connectivity index (χ4v) is 15.2. The molecule has 0 aromatic carbocycles. The Morgan fingerprint density at radius 2 is 0.477 bits per heavy atom. The van der Waals surface area contributed by atoms with Crippen LogP contribution in [0.1, 0.15) is 466 Å². The number of rotatable bonds is 86. The van der Waals surface area contributed by atoms with E-state index in [2.05, 4.69) is 48.5 Å². The Kier molecular flexibility index (Phi) is 76.6. The van der Waals surface area contributed by atoms with Gasteiger partial charge in [0.25, 0.3) is 0 Å². The molecule has 0 spiro atoms. The summed E-state index contributed by atoms with van der Waals surface area (Å²) in [5.74, 6) is 0.425. The molecule has 0 radical (unpaired) electrons. The number of ether oxygens (including phenoxy) is 4. The number of hydrogen-bond donors (Lipinski definition) is 3. The van der Waals surface area contributed by atoms with Crippen LogP contribution in [0.25, 0.3) is 0 Å². The van der Waals surface area contributed by atoms with E-state index in [0.29, 0.717) is 25.7 Å². The first-order chi connectivity index (χ1) is 51.8. The normalized spacial score (nSPS) is 14.3. The molecule has 0 aliphatic carbocycles. The van der Waals surface area contributed by atoms with E-state index in [0.717, 1.165) is 114 Å². The molecule has 19 heteroatoms. The molecule has 0 bridgehead atoms. The molecule has 0 rings (SSSR count). The van der Waals surface area contributed by atoms with Crippen molar-refractivity contribution in [3.8, 4) is 0 Å². The van der Waals surface area contributed by atoms with Crippen molar-refractivity contribution in [3.63, 3.8) is 0 Å². The van der Waals surface area contributed by atoms with Crippen LogP contribution in [0.15, 0.2) is 0 Å². The van der Waals surface area contributed by atoms with Gasteiger partial charge in [-0.3, -0.25) is 37.3 Å². The number of carbonyl (C=O) groups is 4. The average molecular weight is 1560 g/mol. The SMILES string of the molecule is CCCCCCCCCCC(=O)OC[C@H](COP(=O)(O)OC[C@H](O)COP(=O)(O)OC[C@@H](COC(=O)CCCCCCCCCCCCCCCCCCC(C)C)OC(=O)CCCCCCCCCCCCCCCCCCCCC(C)CC)OC(=O)CCCCCCCCCCCCCCCCC(C)CC. The van der Waals surface area contributed by atoms with Crippen molar-refractivity contribution in [3.05, 3.63) is 0 Å². The van der Waals surface area contributed by atoms with Crippen molar-refractivity contribution in [1.29, 1.82) is 0 Å². The molecule has 0 aromatic heterocycles. The Morgan fingerprint density at radius 3 is 0.710 bits per heavy atom. The minimum absolute atomic E-state index is 0.108. The van der Waals surface area contributed by atoms with Crippen molar-refractivity contribution in [2.24, 2.45) is 17.8 Å². The van der Waals surface area contributed by atoms with Crippen molar-refractivity contribution < 1.29 is 80.2 Å². The lowest BCUT2D eigenvalue weighted by atomic mass is 9.99. The van der Waals surface area contributed by atoms with E-state index in [1.807, 2.05) is 0 Å². The van der Waals surface area contributed by atoms with Crippen molar-refractivity contribution in [1.82, 2.24) is 0 Å². The number of hydrogen-bond acceptors (Lipinski definition) is 15. The quantitative estimate of drug-likeness (QED) is 0.0222. The second-order valence-corrected chi connectivity index (χ2v) is 35.5. The van der Waals surface area contributed by atoms with Crippen LogP contribution in [-0.2, 0) is 65.4 Å². The van der Waals surface area contributed by atoms with Crippen LogP contribution >= 0.6 is 15.6 Å². The number of carbonyl (C=O) groups excluding carboxylic acids is 4. The van der Waals surface area contributed by atoms with Crippen LogP contribution < -0.4 is 0 Å². The van der Waals surface area contributed by atoms with Gasteiger partial charge < -0.3 is 33.8 Å². The predicted octanol–water partition coefficient (Wildman–Crippen LogP) is 26.9. The lowest BCUT2D eigenvalue weighted by Gasteiger charge is -2.21. The van der Waals surface area contributed by atoms with Gasteiger partial charge in [-0.05, 0) is 43.4 Å². The molecule has 0 saturated carbocycles. The highest BCUT2D eigenvalue weighted by atomic mass is 31.2. The van der Waals surface area contributed by atoms with Crippen LogP contribution in [0.2, 0.25) is 0 Å². The zero-order valence-electron chi connectivity index (χ0n) is 70.6. The first kappa shape index (κ1) is 105. The summed E-state index contributed by atoms with van der Waals surface area (Å²) in [5, 5.41) is 10.7. The van der Waals surface area contributed by atoms with Crippen LogP contribution in [0.4, 0.5) is 0 Å². The Bertz CT molecular complexity index is 2060. The highest BCUT2D eigenvalue weighted by Crippen LogP contribution is 2.45. The van der Waals surface area contributed by atoms with Crippen molar-refractivity contribution in [2.45, 2.75) is 484 Å². The van der Waals surface area contributed by atoms with E-state index < -0.39 is 97.5 Å². The largest absolute Gasteiger partial charge is 0.472 e. The van der Waals surface area contributed by atoms with Crippen LogP contribution in [0, 0.1) is 17.8 Å². The fourth-order valence-electron chi connectivity index (χ4n) is 13.7. The maximum absolute atomic E-state index is 13.2. The summed E-state index contributed by atoms with van der Waals surface area (Å²) < 4.78 is 68.9. The van der Waals surface area contributed by atoms with Gasteiger partial charge in [0.05, 0.1) is 26.4 Å². The summed E-state index contributed by atoms with van der Waals surface area (Å²) in [6.45, 7) is 12.1. The maximum atomic E-state index is 13.2. The minimum atomic E-state index is -4.97. The van der Waals surface area contributed by atoms with E-state index in [4.69, 9.17) is 37.0 Å². The molecule has 0 heterocycles. The molecule has 107 heavy (non-hydrogen) atoms. The number of esters is 4. The standard InChI is InChI=1S/C88H172O17P2/c1-8-11-12-13-14-48-55-62-69-85(90)98-75-83(104-87(92)72-65-58-51-44-38-32-26-25-29-35-41-47-54-61-68-81(7)10-3)77-102-106(94,95)100-73-82(89)74-101-107(96,97)103-78-84(76-99-86(91)70-63-56-49-42-36-30-23-20-19-21-27-33-39-45-52-59-66-79(4)5)105-88(93)71-64-57-50-43-37-31-24-18-16-15-17-22-28-34-40-46-53-60-67-80(6)9-2/h79-84,89H,8-78H2,1-7H3,(H,94,95)(H,96,97)/t80?,81?,82-,83+,84+/m0/s1. The molecule has 4 unspecified atom stereocenters. The van der Waals surface area contributed by atoms with E-state index in [9.17, 15) is 43.2 Å². The number of aliphatic hydroxyl groups excluding tert-OH is 1. The van der Waals surface area contributed by atoms with Gasteiger partial charge in [-0.25, -0.2) is 9.13 Å². The number of aliphatic hydroxyl groups is 1. The summed E-state index contributed by atoms with van der Waals surface area (Å²) in [6, 6.07) is 0. The van der Waals surface area contributed by atoms with Gasteiger partial charge in [0, 0.05) is 25.7 Å². The molecule has 0 aromatic rings. The minimum Gasteiger partial charge on any atom is -0.462 e. The van der Waals surface area contributed by atoms with E-state index in [1.54, 1.807) is 0 Å². The van der Waals surface area contributed by atoms with Crippen molar-refractivity contribution >= 4 is 39.5 Å². The number of unbranched alkanes of at least 4 members (excludes halogenated alkanes) is 52. The van der Waals surface area contributed by atoms with Gasteiger partial charge >= 0.3 is 39.5 Å². The van der Waals surface area contributed by atoms with Gasteiger partial charge in [-0.1, -0.05) is 414 Å². The van der Waals surface area contributed by atoms with Crippen LogP contribution in [0.5, 0.6) is 0 Å². The highest BCUT2D eigenvalue weighted by Gasteiger charge is 2.31. The van der Waals surface area contributed by atoms with Gasteiger partial charge in [0.2, 0.25) is 0 Å². The topological polar surface area (TPSA) is 237 Å². The molecule has 636 valence electrons. The zero-order chi connectivity index (χ0) is 78.6. The number of phosphoric ester groups is 2. The molecular weight excluding hydrogens is 1390 g/mol. The van der Waals surface area contributed by atoms with Gasteiger partial charge in [-0.2, -0.15) is 0 Å². The second kappa shape index (κ2) is 78.0. The summed E-state index contributed by atoms with van der Waals surface area (Å²) >= 11 is 0. The summed E-state index contributed by atoms with van der Waals surface area (Å²) in [5.41, 5.74) is 0. The molecule has 0 saturated heterocycles. The molecule has 17 nitrogen and oxygen atoms in total. The lowest BCUT2D eigenvalue weighted by molar-refractivity contribution is -0.161. The average Bonchev–Trinajstić information content (AvgIpc) is 0.903. The smallest absolute Gasteiger partial charge is 0.462 e. The Balaban J connectivity index is 5.19. The molecule has 0 aliphatic rings. The monoisotopic (exact) mass is 1560 g/mol. The third-order valence-electron chi connectivity index (χ3n) is 21.4. The summed E-state index contributed by atoms with van der Waals surface area (Å²) in [7, 11) is -9.93. The van der Waals surface area contributed by atoms with Gasteiger partial charge in [-0.15, -0.1) is 0 Å². The Morgan fingerprint density at radius 1 is 0.271 bits per heavy atom. The first-order valence-corrected chi connectivity index (χ1v) is 48.4. The lowest BCUT2D eigenvalue weighted by Crippen LogP contribution is -2.30. The Hall–Kier alpha value is -1.94. The van der Waals surface area contributed by atoms with Gasteiger partial charge in [0.15, 0.2) is 12.2 Å². The summed E-state index contributed by atoms with van der Waals surface area (Å²) in [6.07, 6.45) is 69.4. The maximum Gasteiger partial charge on any atom is 0.472 e. The van der Waals surface area contributed by atoms with E-state index >= 15 is 0 Å². The van der Waals surface area contributed by atoms with Gasteiger partial charge in [0.1, 0.15) is 19.3 Å². The fraction of sp³-hybridized carbons (Fsp3) is 0.955. The van der Waals surface area contributed by atoms with Crippen molar-refractivity contribution in [2.75, 3.05) is 39.6 Å². The van der Waals surface area contributed by atoms with E-state index in [1.165, 1.54) is 270 Å². The Labute approximate surface area is 658 Å². The molecule has 3 N–H and O–H groups in total. The predicted molar refractivity (Wildman–Crippen MR) is 441 cm³/mol. The third-order valence-corrected chi connectivity index (χ3v) is 23.3. The van der Waals surface area contributed by atoms with Crippen LogP contribution in [0.3, 0.4) is 0 Å². The molecule has 7 atom stereocenters. The van der Waals surface area contributed by atoms with Crippen LogP contribution in [-0.4, -0.2) is 96.7 Å². The highest BCUT2D eigenvalue weighted by molar-refractivity contribution is 7.47. The summed E-state index contributed by atoms with van der Waals surface area (Å²) in [4.78, 5) is 73.2. The molecular formula is C88H172O17P2. The second-order valence-electron chi connectivity index (χ2n) is 32.6. The third kappa shape index (κ3) is 79.1. The molecule has 0 fully saturated rings. The number of phosphoric acid groups is 2. The molecule has 0 amide bonds. The zero-order valence-corrected chi connectivity index (χ0v) is 72.4. The molecule has 0 aliphatic heterocycles. The van der Waals surface area contributed by atoms with E-state index in [-0.39, 0.29) is 25.7 Å².